The summed E-state index contributed by atoms with van der Waals surface area (Å²) in [6, 6.07) is -1.48. The predicted molar refractivity (Wildman–Crippen MR) is 81.2 cm³/mol. The van der Waals surface area contributed by atoms with Crippen molar-refractivity contribution in [2.45, 2.75) is 66.0 Å². The fraction of sp³-hybridized carbons (Fsp3) is 0.867. The van der Waals surface area contributed by atoms with Crippen molar-refractivity contribution in [1.29, 1.82) is 0 Å². The van der Waals surface area contributed by atoms with Crippen LogP contribution in [0.3, 0.4) is 0 Å². The lowest BCUT2D eigenvalue weighted by Crippen LogP contribution is -2.51. The first-order chi connectivity index (χ1) is 9.84. The zero-order chi connectivity index (χ0) is 16.4. The molecule has 0 radical (unpaired) electrons. The second-order valence-corrected chi connectivity index (χ2v) is 5.51. The van der Waals surface area contributed by atoms with Gasteiger partial charge in [-0.25, -0.2) is 9.86 Å². The van der Waals surface area contributed by atoms with Crippen LogP contribution in [0.2, 0.25) is 0 Å². The van der Waals surface area contributed by atoms with Gasteiger partial charge in [0.25, 0.3) is 5.91 Å². The molecule has 0 heterocycles. The normalized spacial score (nSPS) is 13.9. The Morgan fingerprint density at radius 2 is 1.81 bits per heavy atom. The SMILES string of the molecule is CCCCON(C(=O)[C@@H](N)CC(C)C)[C@@H](C)C(=O)OCC. The van der Waals surface area contributed by atoms with E-state index >= 15 is 0 Å². The summed E-state index contributed by atoms with van der Waals surface area (Å²) in [7, 11) is 0. The molecule has 0 unspecified atom stereocenters. The third-order valence-electron chi connectivity index (χ3n) is 2.97. The topological polar surface area (TPSA) is 81.9 Å². The molecule has 0 saturated heterocycles. The number of carbonyl (C=O) groups excluding carboxylic acids is 2. The van der Waals surface area contributed by atoms with Crippen molar-refractivity contribution < 1.29 is 19.2 Å². The Hall–Kier alpha value is -1.14. The van der Waals surface area contributed by atoms with Crippen LogP contribution in [0.1, 0.15) is 53.9 Å². The molecule has 0 aromatic heterocycles. The number of amides is 1. The van der Waals surface area contributed by atoms with Crippen molar-refractivity contribution in [3.05, 3.63) is 0 Å². The number of ether oxygens (including phenoxy) is 1. The first-order valence-corrected chi connectivity index (χ1v) is 7.73. The quantitative estimate of drug-likeness (QED) is 0.378. The first-order valence-electron chi connectivity index (χ1n) is 7.73. The van der Waals surface area contributed by atoms with E-state index in [9.17, 15) is 9.59 Å². The van der Waals surface area contributed by atoms with E-state index in [2.05, 4.69) is 0 Å². The molecule has 0 aliphatic rings. The maximum Gasteiger partial charge on any atom is 0.331 e. The van der Waals surface area contributed by atoms with Crippen molar-refractivity contribution in [2.75, 3.05) is 13.2 Å². The number of nitrogens with zero attached hydrogens (tertiary/aromatic N) is 1. The van der Waals surface area contributed by atoms with Crippen LogP contribution in [-0.2, 0) is 19.2 Å². The Balaban J connectivity index is 4.85. The van der Waals surface area contributed by atoms with Gasteiger partial charge in [-0.3, -0.25) is 9.63 Å². The average molecular weight is 302 g/mol. The smallest absolute Gasteiger partial charge is 0.331 e. The number of rotatable bonds is 10. The lowest BCUT2D eigenvalue weighted by molar-refractivity contribution is -0.208. The molecule has 0 fully saturated rings. The Labute approximate surface area is 127 Å². The van der Waals surface area contributed by atoms with Gasteiger partial charge >= 0.3 is 5.97 Å². The number of nitrogens with two attached hydrogens (primary N) is 1. The fourth-order valence-electron chi connectivity index (χ4n) is 1.80. The molecule has 0 aliphatic carbocycles. The highest BCUT2D eigenvalue weighted by Gasteiger charge is 2.31. The second kappa shape index (κ2) is 10.6. The molecule has 0 aromatic rings. The summed E-state index contributed by atoms with van der Waals surface area (Å²) >= 11 is 0. The van der Waals surface area contributed by atoms with Crippen molar-refractivity contribution in [2.24, 2.45) is 11.7 Å². The van der Waals surface area contributed by atoms with Gasteiger partial charge in [0.1, 0.15) is 0 Å². The summed E-state index contributed by atoms with van der Waals surface area (Å²) in [6.45, 7) is 9.95. The number of hydrogen-bond acceptors (Lipinski definition) is 5. The van der Waals surface area contributed by atoms with E-state index in [0.29, 0.717) is 18.9 Å². The van der Waals surface area contributed by atoms with E-state index in [0.717, 1.165) is 17.9 Å². The zero-order valence-corrected chi connectivity index (χ0v) is 13.9. The summed E-state index contributed by atoms with van der Waals surface area (Å²) in [6.07, 6.45) is 2.29. The fourth-order valence-corrected chi connectivity index (χ4v) is 1.80. The maximum absolute atomic E-state index is 12.4. The number of esters is 1. The molecule has 0 bridgehead atoms. The van der Waals surface area contributed by atoms with E-state index < -0.39 is 18.1 Å². The summed E-state index contributed by atoms with van der Waals surface area (Å²) < 4.78 is 4.95. The van der Waals surface area contributed by atoms with Gasteiger partial charge < -0.3 is 10.5 Å². The van der Waals surface area contributed by atoms with Crippen molar-refractivity contribution >= 4 is 11.9 Å². The third-order valence-corrected chi connectivity index (χ3v) is 2.97. The molecule has 1 amide bonds. The van der Waals surface area contributed by atoms with Gasteiger partial charge in [0, 0.05) is 0 Å². The summed E-state index contributed by atoms with van der Waals surface area (Å²) in [4.78, 5) is 29.7. The maximum atomic E-state index is 12.4. The second-order valence-electron chi connectivity index (χ2n) is 5.51. The predicted octanol–water partition coefficient (Wildman–Crippen LogP) is 1.87. The highest BCUT2D eigenvalue weighted by Crippen LogP contribution is 2.11. The van der Waals surface area contributed by atoms with Crippen LogP contribution in [0, 0.1) is 5.92 Å². The number of unbranched alkanes of at least 4 members (excludes halogenated alkanes) is 1. The monoisotopic (exact) mass is 302 g/mol. The molecule has 2 atom stereocenters. The van der Waals surface area contributed by atoms with Gasteiger partial charge in [0.15, 0.2) is 6.04 Å². The van der Waals surface area contributed by atoms with Crippen LogP contribution in [-0.4, -0.2) is 42.2 Å². The Morgan fingerprint density at radius 3 is 2.29 bits per heavy atom. The molecule has 0 aromatic carbocycles. The van der Waals surface area contributed by atoms with Gasteiger partial charge in [-0.2, -0.15) is 0 Å². The first kappa shape index (κ1) is 19.9. The van der Waals surface area contributed by atoms with Gasteiger partial charge in [-0.1, -0.05) is 27.2 Å². The van der Waals surface area contributed by atoms with Crippen LogP contribution < -0.4 is 5.73 Å². The number of carbonyl (C=O) groups is 2. The standard InChI is InChI=1S/C15H30N2O4/c1-6-8-9-21-17(12(5)15(19)20-7-2)14(18)13(16)10-11(3)4/h11-13H,6-10,16H2,1-5H3/t12-,13-/m0/s1. The highest BCUT2D eigenvalue weighted by atomic mass is 16.7. The van der Waals surface area contributed by atoms with E-state index in [4.69, 9.17) is 15.3 Å². The highest BCUT2D eigenvalue weighted by molar-refractivity contribution is 5.86. The number of hydroxylamine groups is 2. The van der Waals surface area contributed by atoms with Gasteiger partial charge in [-0.15, -0.1) is 0 Å². The molecular weight excluding hydrogens is 272 g/mol. The van der Waals surface area contributed by atoms with E-state index in [1.54, 1.807) is 13.8 Å². The van der Waals surface area contributed by atoms with Crippen molar-refractivity contribution in [3.8, 4) is 0 Å². The zero-order valence-electron chi connectivity index (χ0n) is 13.9. The van der Waals surface area contributed by atoms with E-state index in [1.165, 1.54) is 0 Å². The molecule has 2 N–H and O–H groups in total. The lowest BCUT2D eigenvalue weighted by Gasteiger charge is -2.29. The van der Waals surface area contributed by atoms with Crippen LogP contribution in [0.15, 0.2) is 0 Å². The van der Waals surface area contributed by atoms with E-state index in [-0.39, 0.29) is 12.5 Å². The Morgan fingerprint density at radius 1 is 1.19 bits per heavy atom. The van der Waals surface area contributed by atoms with E-state index in [1.807, 2.05) is 20.8 Å². The van der Waals surface area contributed by atoms with Gasteiger partial charge in [0.05, 0.1) is 19.3 Å². The van der Waals surface area contributed by atoms with Crippen LogP contribution >= 0.6 is 0 Å². The molecule has 6 nitrogen and oxygen atoms in total. The Kier molecular flexibility index (Phi) is 9.99. The summed E-state index contributed by atoms with van der Waals surface area (Å²) in [5, 5.41) is 1.08. The minimum atomic E-state index is -0.799. The lowest BCUT2D eigenvalue weighted by atomic mass is 10.0. The van der Waals surface area contributed by atoms with Crippen molar-refractivity contribution in [3.63, 3.8) is 0 Å². The minimum Gasteiger partial charge on any atom is -0.464 e. The van der Waals surface area contributed by atoms with Crippen LogP contribution in [0.4, 0.5) is 0 Å². The molecule has 124 valence electrons. The van der Waals surface area contributed by atoms with Gasteiger partial charge in [0.2, 0.25) is 0 Å². The molecule has 0 rings (SSSR count). The summed E-state index contributed by atoms with van der Waals surface area (Å²) in [5.41, 5.74) is 5.91. The summed E-state index contributed by atoms with van der Waals surface area (Å²) in [5.74, 6) is -0.571. The van der Waals surface area contributed by atoms with Crippen LogP contribution in [0.5, 0.6) is 0 Å². The minimum absolute atomic E-state index is 0.262. The van der Waals surface area contributed by atoms with Gasteiger partial charge in [-0.05, 0) is 32.6 Å². The average Bonchev–Trinajstić information content (AvgIpc) is 2.41. The molecule has 0 spiro atoms. The molecule has 6 heteroatoms. The largest absolute Gasteiger partial charge is 0.464 e. The molecule has 21 heavy (non-hydrogen) atoms. The molecule has 0 aliphatic heterocycles. The van der Waals surface area contributed by atoms with Crippen LogP contribution in [0.25, 0.3) is 0 Å². The third kappa shape index (κ3) is 7.43. The molecule has 0 saturated carbocycles. The van der Waals surface area contributed by atoms with Crippen molar-refractivity contribution in [1.82, 2.24) is 5.06 Å². The molecular formula is C15H30N2O4. The number of hydrogen-bond donors (Lipinski definition) is 1. The Bertz CT molecular complexity index is 321.